The van der Waals surface area contributed by atoms with Gasteiger partial charge in [-0.25, -0.2) is 4.98 Å². The molecule has 0 aliphatic rings. The van der Waals surface area contributed by atoms with Crippen molar-refractivity contribution in [2.24, 2.45) is 0 Å². The number of aryl methyl sites for hydroxylation is 1. The lowest BCUT2D eigenvalue weighted by Crippen LogP contribution is -2.14. The van der Waals surface area contributed by atoms with Crippen LogP contribution in [0.4, 0.5) is 5.13 Å². The van der Waals surface area contributed by atoms with Crippen LogP contribution in [0.5, 0.6) is 0 Å². The molecule has 0 radical (unpaired) electrons. The highest BCUT2D eigenvalue weighted by Crippen LogP contribution is 2.28. The number of carbonyl (C=O) groups excluding carboxylic acids is 1. The minimum atomic E-state index is -0.122. The summed E-state index contributed by atoms with van der Waals surface area (Å²) in [7, 11) is 0. The Kier molecular flexibility index (Phi) is 5.50. The molecular weight excluding hydrogens is 390 g/mol. The number of carbonyl (C=O) groups is 1. The Morgan fingerprint density at radius 2 is 1.79 bits per heavy atom. The number of hydrogen-bond donors (Lipinski definition) is 1. The first-order valence-electron chi connectivity index (χ1n) is 8.62. The number of para-hydroxylation sites is 1. The van der Waals surface area contributed by atoms with Crippen LogP contribution < -0.4 is 5.32 Å². The second-order valence-electron chi connectivity index (χ2n) is 5.96. The number of anilines is 1. The Hall–Kier alpha value is -2.97. The summed E-state index contributed by atoms with van der Waals surface area (Å²) in [5.41, 5.74) is 1.92. The lowest BCUT2D eigenvalue weighted by molar-refractivity contribution is -0.113. The number of amides is 1. The quantitative estimate of drug-likeness (QED) is 0.479. The van der Waals surface area contributed by atoms with Gasteiger partial charge in [0, 0.05) is 22.3 Å². The number of thioether (sulfide) groups is 1. The molecular formula is C20H17N5OS2. The molecule has 2 aromatic heterocycles. The van der Waals surface area contributed by atoms with Gasteiger partial charge >= 0.3 is 0 Å². The van der Waals surface area contributed by atoms with E-state index in [1.807, 2.05) is 72.2 Å². The van der Waals surface area contributed by atoms with Gasteiger partial charge in [-0.05, 0) is 19.1 Å². The van der Waals surface area contributed by atoms with E-state index < -0.39 is 0 Å². The first kappa shape index (κ1) is 18.4. The van der Waals surface area contributed by atoms with Crippen molar-refractivity contribution in [3.63, 3.8) is 0 Å². The second kappa shape index (κ2) is 8.37. The number of nitrogens with one attached hydrogen (secondary N) is 1. The number of hydrogen-bond acceptors (Lipinski definition) is 6. The third-order valence-corrected chi connectivity index (χ3v) is 5.64. The molecule has 1 N–H and O–H groups in total. The van der Waals surface area contributed by atoms with Gasteiger partial charge in [0.15, 0.2) is 16.1 Å². The van der Waals surface area contributed by atoms with E-state index in [-0.39, 0.29) is 11.7 Å². The zero-order valence-corrected chi connectivity index (χ0v) is 16.7. The summed E-state index contributed by atoms with van der Waals surface area (Å²) in [5, 5.41) is 12.8. The zero-order valence-electron chi connectivity index (χ0n) is 15.1. The Balaban J connectivity index is 1.58. The highest BCUT2D eigenvalue weighted by atomic mass is 32.2. The van der Waals surface area contributed by atoms with Crippen molar-refractivity contribution in [1.29, 1.82) is 0 Å². The molecule has 0 bridgehead atoms. The summed E-state index contributed by atoms with van der Waals surface area (Å²) in [6, 6.07) is 19.8. The Bertz CT molecular complexity index is 1080. The van der Waals surface area contributed by atoms with Crippen molar-refractivity contribution in [1.82, 2.24) is 19.7 Å². The van der Waals surface area contributed by atoms with Crippen molar-refractivity contribution in [2.75, 3.05) is 11.1 Å². The maximum atomic E-state index is 12.3. The summed E-state index contributed by atoms with van der Waals surface area (Å²) >= 11 is 2.80. The van der Waals surface area contributed by atoms with E-state index in [0.717, 1.165) is 22.0 Å². The van der Waals surface area contributed by atoms with Gasteiger partial charge in [0.05, 0.1) is 5.75 Å². The van der Waals surface area contributed by atoms with Crippen molar-refractivity contribution < 1.29 is 4.79 Å². The molecule has 0 saturated heterocycles. The minimum Gasteiger partial charge on any atom is -0.301 e. The lowest BCUT2D eigenvalue weighted by Gasteiger charge is -2.10. The molecule has 8 heteroatoms. The van der Waals surface area contributed by atoms with Crippen LogP contribution in [0.15, 0.2) is 72.0 Å². The molecule has 28 heavy (non-hydrogen) atoms. The van der Waals surface area contributed by atoms with Gasteiger partial charge in [-0.15, -0.1) is 21.5 Å². The fraction of sp³-hybridized carbons (Fsp3) is 0.100. The fourth-order valence-corrected chi connectivity index (χ4v) is 4.08. The number of aromatic nitrogens is 4. The molecule has 140 valence electrons. The predicted octanol–water partition coefficient (Wildman–Crippen LogP) is 4.43. The molecule has 4 rings (SSSR count). The number of nitrogens with zero attached hydrogens (tertiary/aromatic N) is 4. The van der Waals surface area contributed by atoms with E-state index >= 15 is 0 Å². The monoisotopic (exact) mass is 407 g/mol. The fourth-order valence-electron chi connectivity index (χ4n) is 2.65. The van der Waals surface area contributed by atoms with Crippen LogP contribution in [0.1, 0.15) is 4.88 Å². The van der Waals surface area contributed by atoms with Gasteiger partial charge in [-0.2, -0.15) is 0 Å². The SMILES string of the molecule is Cc1cnc(NC(=O)CSc2nnc(-c3ccccc3)n2-c2ccccc2)s1. The smallest absolute Gasteiger partial charge is 0.236 e. The van der Waals surface area contributed by atoms with Crippen LogP contribution in [0.2, 0.25) is 0 Å². The van der Waals surface area contributed by atoms with Crippen LogP contribution in [0.3, 0.4) is 0 Å². The topological polar surface area (TPSA) is 72.7 Å². The van der Waals surface area contributed by atoms with Crippen LogP contribution in [-0.4, -0.2) is 31.4 Å². The normalized spacial score (nSPS) is 10.8. The summed E-state index contributed by atoms with van der Waals surface area (Å²) in [6.07, 6.45) is 1.74. The first-order chi connectivity index (χ1) is 13.7. The maximum Gasteiger partial charge on any atom is 0.236 e. The van der Waals surface area contributed by atoms with Gasteiger partial charge in [0.25, 0.3) is 0 Å². The third-order valence-electron chi connectivity index (χ3n) is 3.88. The minimum absolute atomic E-state index is 0.122. The molecule has 0 unspecified atom stereocenters. The average Bonchev–Trinajstić information content (AvgIpc) is 3.33. The second-order valence-corrected chi connectivity index (χ2v) is 8.13. The molecule has 0 fully saturated rings. The first-order valence-corrected chi connectivity index (χ1v) is 10.4. The summed E-state index contributed by atoms with van der Waals surface area (Å²) < 4.78 is 1.97. The van der Waals surface area contributed by atoms with Crippen molar-refractivity contribution >= 4 is 34.1 Å². The van der Waals surface area contributed by atoms with Crippen molar-refractivity contribution in [3.8, 4) is 17.1 Å². The maximum absolute atomic E-state index is 12.3. The molecule has 6 nitrogen and oxygen atoms in total. The van der Waals surface area contributed by atoms with Crippen LogP contribution in [0.25, 0.3) is 17.1 Å². The molecule has 0 atom stereocenters. The van der Waals surface area contributed by atoms with Gasteiger partial charge in [0.2, 0.25) is 5.91 Å². The lowest BCUT2D eigenvalue weighted by atomic mass is 10.2. The van der Waals surface area contributed by atoms with Gasteiger partial charge in [0.1, 0.15) is 0 Å². The van der Waals surface area contributed by atoms with E-state index in [4.69, 9.17) is 0 Å². The van der Waals surface area contributed by atoms with Gasteiger partial charge in [-0.3, -0.25) is 9.36 Å². The van der Waals surface area contributed by atoms with Gasteiger partial charge in [-0.1, -0.05) is 60.3 Å². The standard InChI is InChI=1S/C20H17N5OS2/c1-14-12-21-19(28-14)22-17(26)13-27-20-24-23-18(15-8-4-2-5-9-15)25(20)16-10-6-3-7-11-16/h2-12H,13H2,1H3,(H,21,22,26). The van der Waals surface area contributed by atoms with Crippen molar-refractivity contribution in [2.45, 2.75) is 12.1 Å². The molecule has 0 aliphatic heterocycles. The summed E-state index contributed by atoms with van der Waals surface area (Å²) in [6.45, 7) is 1.95. The van der Waals surface area contributed by atoms with Crippen LogP contribution in [0, 0.1) is 6.92 Å². The molecule has 4 aromatic rings. The van der Waals surface area contributed by atoms with Crippen LogP contribution in [-0.2, 0) is 4.79 Å². The Morgan fingerprint density at radius 1 is 1.07 bits per heavy atom. The average molecular weight is 408 g/mol. The van der Waals surface area contributed by atoms with E-state index in [1.54, 1.807) is 6.20 Å². The van der Waals surface area contributed by atoms with E-state index in [9.17, 15) is 4.79 Å². The predicted molar refractivity (Wildman–Crippen MR) is 113 cm³/mol. The zero-order chi connectivity index (χ0) is 19.3. The Labute approximate surface area is 170 Å². The van der Waals surface area contributed by atoms with E-state index in [0.29, 0.717) is 10.3 Å². The molecule has 2 aromatic carbocycles. The number of rotatable bonds is 6. The van der Waals surface area contributed by atoms with Crippen molar-refractivity contribution in [3.05, 3.63) is 71.7 Å². The molecule has 0 spiro atoms. The number of benzene rings is 2. The summed E-state index contributed by atoms with van der Waals surface area (Å²) in [4.78, 5) is 17.5. The highest BCUT2D eigenvalue weighted by Gasteiger charge is 2.17. The van der Waals surface area contributed by atoms with E-state index in [2.05, 4.69) is 20.5 Å². The molecule has 1 amide bonds. The molecule has 2 heterocycles. The van der Waals surface area contributed by atoms with Gasteiger partial charge < -0.3 is 5.32 Å². The summed E-state index contributed by atoms with van der Waals surface area (Å²) in [5.74, 6) is 0.840. The molecule has 0 aliphatic carbocycles. The third kappa shape index (κ3) is 4.13. The largest absolute Gasteiger partial charge is 0.301 e. The van der Waals surface area contributed by atoms with E-state index in [1.165, 1.54) is 23.1 Å². The van der Waals surface area contributed by atoms with Crippen LogP contribution >= 0.6 is 23.1 Å². The Morgan fingerprint density at radius 3 is 2.46 bits per heavy atom. The highest BCUT2D eigenvalue weighted by molar-refractivity contribution is 7.99. The number of thiazole rings is 1. The molecule has 0 saturated carbocycles.